The molecule has 33 heavy (non-hydrogen) atoms. The lowest BCUT2D eigenvalue weighted by molar-refractivity contribution is 0.504. The van der Waals surface area contributed by atoms with Crippen molar-refractivity contribution in [3.63, 3.8) is 0 Å². The smallest absolute Gasteiger partial charge is 0.326 e. The summed E-state index contributed by atoms with van der Waals surface area (Å²) in [6.45, 7) is 10.9. The van der Waals surface area contributed by atoms with Crippen molar-refractivity contribution >= 4 is 22.1 Å². The number of rotatable bonds is 9. The van der Waals surface area contributed by atoms with Crippen LogP contribution in [0.3, 0.4) is 0 Å². The molecule has 6 nitrogen and oxygen atoms in total. The lowest BCUT2D eigenvalue weighted by Crippen LogP contribution is -2.27. The van der Waals surface area contributed by atoms with Gasteiger partial charge in [0.15, 0.2) is 0 Å². The van der Waals surface area contributed by atoms with Crippen molar-refractivity contribution in [2.45, 2.75) is 78.7 Å². The van der Waals surface area contributed by atoms with E-state index in [4.69, 9.17) is 4.98 Å². The Morgan fingerprint density at radius 1 is 1.00 bits per heavy atom. The molecule has 0 amide bonds. The minimum atomic E-state index is 0.0305. The Labute approximate surface area is 195 Å². The highest BCUT2D eigenvalue weighted by Gasteiger charge is 2.21. The first-order valence-electron chi connectivity index (χ1n) is 12.3. The number of aryl methyl sites for hydroxylation is 1. The SMILES string of the molecule is CC(C)CCn1c(Cn2c(=O)n(C(C)C)c3ccccc32)nc2cc(CNC3CC3)ccc21. The van der Waals surface area contributed by atoms with E-state index in [1.54, 1.807) is 0 Å². The van der Waals surface area contributed by atoms with Crippen molar-refractivity contribution in [2.75, 3.05) is 0 Å². The van der Waals surface area contributed by atoms with Gasteiger partial charge in [-0.25, -0.2) is 9.78 Å². The Kier molecular flexibility index (Phi) is 5.87. The molecule has 6 heteroatoms. The van der Waals surface area contributed by atoms with Crippen LogP contribution in [0.5, 0.6) is 0 Å². The molecule has 1 aliphatic carbocycles. The third-order valence-corrected chi connectivity index (χ3v) is 6.68. The van der Waals surface area contributed by atoms with Gasteiger partial charge in [0, 0.05) is 25.2 Å². The van der Waals surface area contributed by atoms with Gasteiger partial charge in [0.05, 0.1) is 28.6 Å². The van der Waals surface area contributed by atoms with E-state index < -0.39 is 0 Å². The first kappa shape index (κ1) is 22.0. The van der Waals surface area contributed by atoms with Crippen LogP contribution >= 0.6 is 0 Å². The van der Waals surface area contributed by atoms with Crippen LogP contribution in [0.1, 0.15) is 64.4 Å². The van der Waals surface area contributed by atoms with Crippen molar-refractivity contribution in [3.8, 4) is 0 Å². The molecule has 0 aliphatic heterocycles. The molecule has 0 unspecified atom stereocenters. The number of imidazole rings is 2. The van der Waals surface area contributed by atoms with Crippen LogP contribution in [0.15, 0.2) is 47.3 Å². The predicted molar refractivity (Wildman–Crippen MR) is 135 cm³/mol. The van der Waals surface area contributed by atoms with Crippen molar-refractivity contribution in [1.82, 2.24) is 24.0 Å². The van der Waals surface area contributed by atoms with E-state index >= 15 is 0 Å². The van der Waals surface area contributed by atoms with Gasteiger partial charge in [-0.3, -0.25) is 9.13 Å². The summed E-state index contributed by atoms with van der Waals surface area (Å²) in [6, 6.07) is 15.5. The molecule has 2 aromatic heterocycles. The van der Waals surface area contributed by atoms with Crippen molar-refractivity contribution in [1.29, 1.82) is 0 Å². The van der Waals surface area contributed by atoms with E-state index in [0.717, 1.165) is 47.4 Å². The molecule has 174 valence electrons. The number of benzene rings is 2. The zero-order valence-corrected chi connectivity index (χ0v) is 20.2. The second-order valence-electron chi connectivity index (χ2n) is 10.2. The molecule has 4 aromatic rings. The molecule has 0 spiro atoms. The fourth-order valence-electron chi connectivity index (χ4n) is 4.67. The first-order valence-corrected chi connectivity index (χ1v) is 12.3. The van der Waals surface area contributed by atoms with Gasteiger partial charge in [-0.15, -0.1) is 0 Å². The van der Waals surface area contributed by atoms with Gasteiger partial charge in [-0.1, -0.05) is 32.0 Å². The van der Waals surface area contributed by atoms with Gasteiger partial charge in [-0.2, -0.15) is 0 Å². The summed E-state index contributed by atoms with van der Waals surface area (Å²) in [4.78, 5) is 18.5. The Hall–Kier alpha value is -2.86. The first-order chi connectivity index (χ1) is 15.9. The van der Waals surface area contributed by atoms with E-state index in [2.05, 4.69) is 55.8 Å². The maximum Gasteiger partial charge on any atom is 0.329 e. The van der Waals surface area contributed by atoms with Crippen molar-refractivity contribution in [3.05, 3.63) is 64.3 Å². The zero-order valence-electron chi connectivity index (χ0n) is 20.2. The van der Waals surface area contributed by atoms with Crippen LogP contribution in [0.25, 0.3) is 22.1 Å². The molecule has 5 rings (SSSR count). The summed E-state index contributed by atoms with van der Waals surface area (Å²) in [7, 11) is 0. The van der Waals surface area contributed by atoms with Crippen LogP contribution in [-0.4, -0.2) is 24.7 Å². The highest BCUT2D eigenvalue weighted by atomic mass is 16.1. The van der Waals surface area contributed by atoms with Gasteiger partial charge in [-0.05, 0) is 68.9 Å². The van der Waals surface area contributed by atoms with Crippen LogP contribution in [0.4, 0.5) is 0 Å². The number of para-hydroxylation sites is 2. The second kappa shape index (κ2) is 8.82. The Balaban J connectivity index is 1.57. The molecular formula is C27H35N5O. The molecule has 0 bridgehead atoms. The monoisotopic (exact) mass is 445 g/mol. The minimum absolute atomic E-state index is 0.0305. The van der Waals surface area contributed by atoms with Gasteiger partial charge >= 0.3 is 5.69 Å². The molecule has 1 N–H and O–H groups in total. The van der Waals surface area contributed by atoms with Gasteiger partial charge in [0.25, 0.3) is 0 Å². The van der Waals surface area contributed by atoms with E-state index in [1.165, 1.54) is 18.4 Å². The Morgan fingerprint density at radius 2 is 1.76 bits per heavy atom. The standard InChI is InChI=1S/C27H35N5O/c1-18(2)13-14-30-23-12-9-20(16-28-21-10-11-21)15-22(23)29-26(30)17-31-24-7-5-6-8-25(24)32(19(3)4)27(31)33/h5-9,12,15,18-19,21,28H,10-11,13-14,16-17H2,1-4H3. The second-order valence-corrected chi connectivity index (χ2v) is 10.2. The average molecular weight is 446 g/mol. The van der Waals surface area contributed by atoms with Gasteiger partial charge in [0.2, 0.25) is 0 Å². The molecule has 1 aliphatic rings. The number of fused-ring (bicyclic) bond motifs is 2. The topological polar surface area (TPSA) is 56.8 Å². The van der Waals surface area contributed by atoms with Crippen LogP contribution in [0, 0.1) is 5.92 Å². The average Bonchev–Trinajstić information content (AvgIpc) is 3.49. The van der Waals surface area contributed by atoms with Crippen molar-refractivity contribution < 1.29 is 0 Å². The Bertz CT molecular complexity index is 1340. The predicted octanol–water partition coefficient (Wildman–Crippen LogP) is 5.08. The summed E-state index contributed by atoms with van der Waals surface area (Å²) in [5.74, 6) is 1.55. The third kappa shape index (κ3) is 4.36. The molecule has 2 aromatic carbocycles. The number of hydrogen-bond donors (Lipinski definition) is 1. The summed E-state index contributed by atoms with van der Waals surface area (Å²) in [5, 5.41) is 3.60. The molecule has 1 fully saturated rings. The largest absolute Gasteiger partial charge is 0.329 e. The third-order valence-electron chi connectivity index (χ3n) is 6.68. The molecule has 0 radical (unpaired) electrons. The lowest BCUT2D eigenvalue weighted by Gasteiger charge is -2.12. The fourth-order valence-corrected chi connectivity index (χ4v) is 4.67. The van der Waals surface area contributed by atoms with Crippen LogP contribution in [0.2, 0.25) is 0 Å². The number of nitrogens with one attached hydrogen (secondary N) is 1. The number of nitrogens with zero attached hydrogens (tertiary/aromatic N) is 4. The van der Waals surface area contributed by atoms with E-state index in [0.29, 0.717) is 18.5 Å². The minimum Gasteiger partial charge on any atom is -0.326 e. The fraction of sp³-hybridized carbons (Fsp3) is 0.481. The lowest BCUT2D eigenvalue weighted by atomic mass is 10.1. The highest BCUT2D eigenvalue weighted by Crippen LogP contribution is 2.24. The van der Waals surface area contributed by atoms with Crippen LogP contribution < -0.4 is 11.0 Å². The molecule has 0 atom stereocenters. The van der Waals surface area contributed by atoms with Crippen LogP contribution in [-0.2, 0) is 19.6 Å². The number of hydrogen-bond acceptors (Lipinski definition) is 3. The maximum absolute atomic E-state index is 13.4. The quantitative estimate of drug-likeness (QED) is 0.391. The van der Waals surface area contributed by atoms with Gasteiger partial charge in [0.1, 0.15) is 5.82 Å². The normalized spacial score (nSPS) is 14.4. The molecule has 1 saturated carbocycles. The summed E-state index contributed by atoms with van der Waals surface area (Å²) >= 11 is 0. The maximum atomic E-state index is 13.4. The van der Waals surface area contributed by atoms with E-state index in [-0.39, 0.29) is 11.7 Å². The molecular weight excluding hydrogens is 410 g/mol. The highest BCUT2D eigenvalue weighted by molar-refractivity contribution is 5.78. The summed E-state index contributed by atoms with van der Waals surface area (Å²) in [5.41, 5.74) is 5.42. The summed E-state index contributed by atoms with van der Waals surface area (Å²) < 4.78 is 6.09. The van der Waals surface area contributed by atoms with E-state index in [9.17, 15) is 4.79 Å². The molecule has 2 heterocycles. The van der Waals surface area contributed by atoms with Gasteiger partial charge < -0.3 is 9.88 Å². The zero-order chi connectivity index (χ0) is 23.1. The van der Waals surface area contributed by atoms with E-state index in [1.807, 2.05) is 33.4 Å². The molecule has 0 saturated heterocycles. The number of aromatic nitrogens is 4. The van der Waals surface area contributed by atoms with Crippen molar-refractivity contribution in [2.24, 2.45) is 5.92 Å². The Morgan fingerprint density at radius 3 is 2.45 bits per heavy atom. The summed E-state index contributed by atoms with van der Waals surface area (Å²) in [6.07, 6.45) is 3.65.